The number of hydrogen-bond acceptors (Lipinski definition) is 5. The van der Waals surface area contributed by atoms with Crippen molar-refractivity contribution in [3.8, 4) is 0 Å². The van der Waals surface area contributed by atoms with Crippen LogP contribution in [0.3, 0.4) is 0 Å². The topological polar surface area (TPSA) is 69.7 Å². The molecule has 1 amide bonds. The van der Waals surface area contributed by atoms with Crippen molar-refractivity contribution < 1.29 is 19.0 Å². The maximum Gasteiger partial charge on any atom is 0.224 e. The average Bonchev–Trinajstić information content (AvgIpc) is 2.53. The van der Waals surface area contributed by atoms with Crippen molar-refractivity contribution in [2.45, 2.75) is 18.6 Å². The Kier molecular flexibility index (Phi) is 6.10. The van der Waals surface area contributed by atoms with E-state index >= 15 is 0 Å². The smallest absolute Gasteiger partial charge is 0.224 e. The van der Waals surface area contributed by atoms with E-state index < -0.39 is 0 Å². The molecule has 116 valence electrons. The van der Waals surface area contributed by atoms with Crippen LogP contribution in [0.2, 0.25) is 0 Å². The fourth-order valence-corrected chi connectivity index (χ4v) is 2.54. The standard InChI is InChI=1S/C15H22N2O4/c1-19-13-10-21-9-12(15(13)20-2)8-17-14(18)7-11-3-5-16-6-4-11/h3-6,12-13,15H,7-10H2,1-2H3,(H,17,18)/t12-,13-,15+/m1/s1. The minimum Gasteiger partial charge on any atom is -0.378 e. The van der Waals surface area contributed by atoms with E-state index in [1.807, 2.05) is 12.1 Å². The molecule has 0 spiro atoms. The predicted molar refractivity (Wildman–Crippen MR) is 76.9 cm³/mol. The fraction of sp³-hybridized carbons (Fsp3) is 0.600. The predicted octanol–water partition coefficient (Wildman–Crippen LogP) is 0.417. The molecule has 2 rings (SSSR count). The Hall–Kier alpha value is -1.50. The molecule has 1 aromatic heterocycles. The SMILES string of the molecule is CO[C@H]1[C@H](CNC(=O)Cc2ccncc2)COC[C@H]1OC. The molecule has 1 aromatic rings. The van der Waals surface area contributed by atoms with E-state index in [0.717, 1.165) is 5.56 Å². The van der Waals surface area contributed by atoms with Gasteiger partial charge in [0, 0.05) is 39.1 Å². The second-order valence-corrected chi connectivity index (χ2v) is 5.11. The molecule has 2 heterocycles. The molecule has 1 aliphatic rings. The molecule has 3 atom stereocenters. The van der Waals surface area contributed by atoms with Crippen LogP contribution >= 0.6 is 0 Å². The number of pyridine rings is 1. The van der Waals surface area contributed by atoms with Gasteiger partial charge in [-0.2, -0.15) is 0 Å². The summed E-state index contributed by atoms with van der Waals surface area (Å²) < 4.78 is 16.4. The Morgan fingerprint density at radius 2 is 2.10 bits per heavy atom. The summed E-state index contributed by atoms with van der Waals surface area (Å²) in [6.45, 7) is 1.60. The lowest BCUT2D eigenvalue weighted by Gasteiger charge is -2.36. The molecule has 0 bridgehead atoms. The summed E-state index contributed by atoms with van der Waals surface area (Å²) in [6, 6.07) is 3.67. The Labute approximate surface area is 124 Å². The van der Waals surface area contributed by atoms with Crippen LogP contribution in [-0.4, -0.2) is 57.1 Å². The van der Waals surface area contributed by atoms with Crippen LogP contribution in [0.15, 0.2) is 24.5 Å². The number of nitrogens with zero attached hydrogens (tertiary/aromatic N) is 1. The Balaban J connectivity index is 1.82. The van der Waals surface area contributed by atoms with Crippen molar-refractivity contribution in [2.75, 3.05) is 34.0 Å². The molecule has 0 aromatic carbocycles. The molecule has 6 nitrogen and oxygen atoms in total. The van der Waals surface area contributed by atoms with Crippen molar-refractivity contribution in [1.29, 1.82) is 0 Å². The molecule has 1 aliphatic heterocycles. The summed E-state index contributed by atoms with van der Waals surface area (Å²) >= 11 is 0. The van der Waals surface area contributed by atoms with Crippen molar-refractivity contribution in [1.82, 2.24) is 10.3 Å². The highest BCUT2D eigenvalue weighted by molar-refractivity contribution is 5.78. The molecule has 0 radical (unpaired) electrons. The molecule has 0 unspecified atom stereocenters. The van der Waals surface area contributed by atoms with Gasteiger partial charge in [-0.25, -0.2) is 0 Å². The molecular formula is C15H22N2O4. The quantitative estimate of drug-likeness (QED) is 0.823. The highest BCUT2D eigenvalue weighted by Gasteiger charge is 2.34. The first-order chi connectivity index (χ1) is 10.2. The Bertz CT molecular complexity index is 441. The largest absolute Gasteiger partial charge is 0.378 e. The summed E-state index contributed by atoms with van der Waals surface area (Å²) in [6.07, 6.45) is 3.56. The zero-order valence-electron chi connectivity index (χ0n) is 12.5. The second-order valence-electron chi connectivity index (χ2n) is 5.11. The van der Waals surface area contributed by atoms with E-state index in [1.165, 1.54) is 0 Å². The number of amides is 1. The molecule has 0 aliphatic carbocycles. The van der Waals surface area contributed by atoms with E-state index in [2.05, 4.69) is 10.3 Å². The third-order valence-corrected chi connectivity index (χ3v) is 3.70. The molecule has 6 heteroatoms. The number of rotatable bonds is 6. The second kappa shape index (κ2) is 8.07. The number of nitrogens with one attached hydrogen (secondary N) is 1. The van der Waals surface area contributed by atoms with E-state index in [0.29, 0.717) is 26.2 Å². The van der Waals surface area contributed by atoms with Crippen molar-refractivity contribution in [2.24, 2.45) is 5.92 Å². The summed E-state index contributed by atoms with van der Waals surface area (Å²) in [5, 5.41) is 2.93. The third-order valence-electron chi connectivity index (χ3n) is 3.70. The number of methoxy groups -OCH3 is 2. The first kappa shape index (κ1) is 15.9. The van der Waals surface area contributed by atoms with Gasteiger partial charge in [-0.15, -0.1) is 0 Å². The van der Waals surface area contributed by atoms with Crippen molar-refractivity contribution in [3.63, 3.8) is 0 Å². The summed E-state index contributed by atoms with van der Waals surface area (Å²) in [7, 11) is 3.30. The van der Waals surface area contributed by atoms with E-state index in [1.54, 1.807) is 26.6 Å². The maximum absolute atomic E-state index is 12.0. The molecule has 1 N–H and O–H groups in total. The normalized spacial score (nSPS) is 25.5. The van der Waals surface area contributed by atoms with E-state index in [9.17, 15) is 4.79 Å². The van der Waals surface area contributed by atoms with Gasteiger partial charge in [-0.05, 0) is 17.7 Å². The molecule has 21 heavy (non-hydrogen) atoms. The summed E-state index contributed by atoms with van der Waals surface area (Å²) in [4.78, 5) is 15.9. The molecule has 1 saturated heterocycles. The zero-order chi connectivity index (χ0) is 15.1. The first-order valence-corrected chi connectivity index (χ1v) is 7.03. The number of aromatic nitrogens is 1. The van der Waals surface area contributed by atoms with Gasteiger partial charge < -0.3 is 19.5 Å². The van der Waals surface area contributed by atoms with E-state index in [4.69, 9.17) is 14.2 Å². The number of hydrogen-bond donors (Lipinski definition) is 1. The average molecular weight is 294 g/mol. The van der Waals surface area contributed by atoms with Crippen LogP contribution < -0.4 is 5.32 Å². The Morgan fingerprint density at radius 3 is 2.76 bits per heavy atom. The van der Waals surface area contributed by atoms with Gasteiger partial charge in [-0.3, -0.25) is 9.78 Å². The molecule has 1 fully saturated rings. The third kappa shape index (κ3) is 4.49. The summed E-state index contributed by atoms with van der Waals surface area (Å²) in [5.74, 6) is 0.0747. The highest BCUT2D eigenvalue weighted by Crippen LogP contribution is 2.19. The van der Waals surface area contributed by atoms with Crippen molar-refractivity contribution >= 4 is 5.91 Å². The van der Waals surface area contributed by atoms with Gasteiger partial charge in [0.15, 0.2) is 0 Å². The van der Waals surface area contributed by atoms with Gasteiger partial charge >= 0.3 is 0 Å². The lowest BCUT2D eigenvalue weighted by molar-refractivity contribution is -0.147. The van der Waals surface area contributed by atoms with Crippen LogP contribution in [0, 0.1) is 5.92 Å². The van der Waals surface area contributed by atoms with Crippen molar-refractivity contribution in [3.05, 3.63) is 30.1 Å². The highest BCUT2D eigenvalue weighted by atomic mass is 16.6. The minimum absolute atomic E-state index is 0.0180. The first-order valence-electron chi connectivity index (χ1n) is 7.03. The lowest BCUT2D eigenvalue weighted by Crippen LogP contribution is -2.50. The number of ether oxygens (including phenoxy) is 3. The molecule has 0 saturated carbocycles. The number of carbonyl (C=O) groups excluding carboxylic acids is 1. The fourth-order valence-electron chi connectivity index (χ4n) is 2.54. The number of carbonyl (C=O) groups is 1. The van der Waals surface area contributed by atoms with Crippen LogP contribution in [0.4, 0.5) is 0 Å². The maximum atomic E-state index is 12.0. The minimum atomic E-state index is -0.0918. The molecular weight excluding hydrogens is 272 g/mol. The van der Waals surface area contributed by atoms with Gasteiger partial charge in [0.05, 0.1) is 25.7 Å². The van der Waals surface area contributed by atoms with Gasteiger partial charge in [0.1, 0.15) is 6.10 Å². The lowest BCUT2D eigenvalue weighted by atomic mass is 9.96. The zero-order valence-corrected chi connectivity index (χ0v) is 12.5. The Morgan fingerprint density at radius 1 is 1.33 bits per heavy atom. The monoisotopic (exact) mass is 294 g/mol. The van der Waals surface area contributed by atoms with E-state index in [-0.39, 0.29) is 24.0 Å². The summed E-state index contributed by atoms with van der Waals surface area (Å²) in [5.41, 5.74) is 0.945. The van der Waals surface area contributed by atoms with Crippen LogP contribution in [0.5, 0.6) is 0 Å². The van der Waals surface area contributed by atoms with Crippen LogP contribution in [-0.2, 0) is 25.4 Å². The van der Waals surface area contributed by atoms with Crippen LogP contribution in [0.1, 0.15) is 5.56 Å². The van der Waals surface area contributed by atoms with Gasteiger partial charge in [0.25, 0.3) is 0 Å². The van der Waals surface area contributed by atoms with Gasteiger partial charge in [-0.1, -0.05) is 0 Å². The van der Waals surface area contributed by atoms with Gasteiger partial charge in [0.2, 0.25) is 5.91 Å². The van der Waals surface area contributed by atoms with Crippen LogP contribution in [0.25, 0.3) is 0 Å².